The first-order chi connectivity index (χ1) is 18.1. The molecule has 200 valence electrons. The highest BCUT2D eigenvalue weighted by Crippen LogP contribution is 2.51. The summed E-state index contributed by atoms with van der Waals surface area (Å²) in [7, 11) is -5.11. The van der Waals surface area contributed by atoms with Crippen LogP contribution in [0.25, 0.3) is 0 Å². The zero-order valence-corrected chi connectivity index (χ0v) is 24.5. The van der Waals surface area contributed by atoms with Crippen molar-refractivity contribution in [3.8, 4) is 0 Å². The van der Waals surface area contributed by atoms with Gasteiger partial charge in [0.05, 0.1) is 0 Å². The maximum absolute atomic E-state index is 12.6. The predicted molar refractivity (Wildman–Crippen MR) is 160 cm³/mol. The molecule has 0 aliphatic rings. The molecule has 4 aromatic rings. The Morgan fingerprint density at radius 2 is 1.18 bits per heavy atom. The zero-order chi connectivity index (χ0) is 27.4. The molecule has 1 unspecified atom stereocenters. The van der Waals surface area contributed by atoms with Crippen molar-refractivity contribution in [2.45, 2.75) is 78.4 Å². The molecular formula is C33H38O3S2. The normalized spacial score (nSPS) is 13.1. The van der Waals surface area contributed by atoms with Crippen molar-refractivity contribution < 1.29 is 13.0 Å². The summed E-state index contributed by atoms with van der Waals surface area (Å²) < 4.78 is 35.6. The molecule has 0 aliphatic carbocycles. The van der Waals surface area contributed by atoms with E-state index in [4.69, 9.17) is 0 Å². The minimum Gasteiger partial charge on any atom is -0.282 e. The van der Waals surface area contributed by atoms with Gasteiger partial charge in [-0.3, -0.25) is 4.55 Å². The van der Waals surface area contributed by atoms with Gasteiger partial charge < -0.3 is 0 Å². The molecule has 0 heterocycles. The van der Waals surface area contributed by atoms with Crippen LogP contribution >= 0.6 is 10.9 Å². The standard InChI is InChI=1S/C33H38O3S2/c1-23(2)27-21-31(24(3)4)33(38(34,35)36)32(22-27)25(5)19-26-13-12-18-30(20-26)37(28-14-8-6-9-15-28)29-16-10-7-11-17-29/h6-18,20-25,37H,19H2,1-5H3,(H,34,35,36). The van der Waals surface area contributed by atoms with E-state index >= 15 is 0 Å². The Hall–Kier alpha value is -2.86. The summed E-state index contributed by atoms with van der Waals surface area (Å²) in [6.45, 7) is 10.2. The van der Waals surface area contributed by atoms with Crippen molar-refractivity contribution in [2.24, 2.45) is 0 Å². The van der Waals surface area contributed by atoms with Gasteiger partial charge >= 0.3 is 0 Å². The van der Waals surface area contributed by atoms with Gasteiger partial charge in [0.1, 0.15) is 4.90 Å². The molecule has 1 atom stereocenters. The molecule has 0 fully saturated rings. The maximum Gasteiger partial charge on any atom is 0.295 e. The predicted octanol–water partition coefficient (Wildman–Crippen LogP) is 9.00. The molecule has 1 N–H and O–H groups in total. The van der Waals surface area contributed by atoms with Gasteiger partial charge in [0.2, 0.25) is 0 Å². The molecule has 0 spiro atoms. The van der Waals surface area contributed by atoms with Crippen LogP contribution < -0.4 is 0 Å². The van der Waals surface area contributed by atoms with Gasteiger partial charge in [0.25, 0.3) is 10.1 Å². The number of hydrogen-bond donors (Lipinski definition) is 2. The van der Waals surface area contributed by atoms with E-state index < -0.39 is 21.0 Å². The largest absolute Gasteiger partial charge is 0.295 e. The van der Waals surface area contributed by atoms with Crippen LogP contribution in [0.2, 0.25) is 0 Å². The average molecular weight is 547 g/mol. The van der Waals surface area contributed by atoms with E-state index in [1.165, 1.54) is 14.7 Å². The molecular weight excluding hydrogens is 508 g/mol. The van der Waals surface area contributed by atoms with Crippen LogP contribution in [0, 0.1) is 0 Å². The van der Waals surface area contributed by atoms with Crippen molar-refractivity contribution >= 4 is 21.0 Å². The first-order valence-electron chi connectivity index (χ1n) is 13.2. The van der Waals surface area contributed by atoms with Crippen molar-refractivity contribution in [2.75, 3.05) is 0 Å². The summed E-state index contributed by atoms with van der Waals surface area (Å²) in [5.74, 6) is 0.121. The monoisotopic (exact) mass is 546 g/mol. The lowest BCUT2D eigenvalue weighted by molar-refractivity contribution is 0.478. The fraction of sp³-hybridized carbons (Fsp3) is 0.273. The molecule has 38 heavy (non-hydrogen) atoms. The van der Waals surface area contributed by atoms with E-state index in [1.54, 1.807) is 0 Å². The van der Waals surface area contributed by atoms with Crippen molar-refractivity contribution in [3.05, 3.63) is 119 Å². The van der Waals surface area contributed by atoms with Crippen molar-refractivity contribution in [1.29, 1.82) is 0 Å². The first kappa shape index (κ1) is 28.2. The van der Waals surface area contributed by atoms with E-state index in [0.29, 0.717) is 17.5 Å². The highest BCUT2D eigenvalue weighted by molar-refractivity contribution is 8.17. The topological polar surface area (TPSA) is 54.4 Å². The second-order valence-electron chi connectivity index (χ2n) is 10.6. The Kier molecular flexibility index (Phi) is 8.81. The molecule has 0 saturated heterocycles. The highest BCUT2D eigenvalue weighted by Gasteiger charge is 2.27. The minimum absolute atomic E-state index is 0.0276. The number of rotatable bonds is 9. The number of benzene rings is 4. The number of hydrogen-bond acceptors (Lipinski definition) is 2. The fourth-order valence-corrected chi connectivity index (χ4v) is 8.53. The van der Waals surface area contributed by atoms with Crippen LogP contribution in [0.5, 0.6) is 0 Å². The summed E-state index contributed by atoms with van der Waals surface area (Å²) in [4.78, 5) is 3.92. The SMILES string of the molecule is CC(C)c1cc(C(C)C)c(S(=O)(=O)O)c(C(C)Cc2cccc([SH](c3ccccc3)c3ccccc3)c2)c1. The third-order valence-corrected chi connectivity index (χ3v) is 10.4. The Balaban J connectivity index is 1.77. The molecule has 0 bridgehead atoms. The van der Waals surface area contributed by atoms with Crippen molar-refractivity contribution in [3.63, 3.8) is 0 Å². The van der Waals surface area contributed by atoms with Crippen LogP contribution in [0.1, 0.15) is 74.6 Å². The van der Waals surface area contributed by atoms with Gasteiger partial charge in [-0.15, -0.1) is 0 Å². The van der Waals surface area contributed by atoms with E-state index in [0.717, 1.165) is 11.1 Å². The summed E-state index contributed by atoms with van der Waals surface area (Å²) in [6.07, 6.45) is 0.669. The first-order valence-corrected chi connectivity index (χ1v) is 16.0. The molecule has 0 aliphatic heterocycles. The molecule has 0 aromatic heterocycles. The summed E-state index contributed by atoms with van der Waals surface area (Å²) in [5.41, 5.74) is 3.62. The van der Waals surface area contributed by atoms with Gasteiger partial charge in [-0.2, -0.15) is 19.3 Å². The van der Waals surface area contributed by atoms with Crippen LogP contribution in [0.15, 0.2) is 117 Å². The van der Waals surface area contributed by atoms with Gasteiger partial charge in [-0.05, 0) is 97.5 Å². The lowest BCUT2D eigenvalue weighted by Gasteiger charge is -2.25. The quantitative estimate of drug-likeness (QED) is 0.163. The molecule has 5 heteroatoms. The Labute approximate surface area is 231 Å². The van der Waals surface area contributed by atoms with E-state index in [1.807, 2.05) is 38.1 Å². The van der Waals surface area contributed by atoms with Crippen LogP contribution in [-0.4, -0.2) is 13.0 Å². The van der Waals surface area contributed by atoms with Gasteiger partial charge in [0.15, 0.2) is 0 Å². The summed E-state index contributed by atoms with van der Waals surface area (Å²) in [6, 6.07) is 33.8. The van der Waals surface area contributed by atoms with Gasteiger partial charge in [-0.25, -0.2) is 0 Å². The fourth-order valence-electron chi connectivity index (χ4n) is 5.01. The average Bonchev–Trinajstić information content (AvgIpc) is 2.89. The molecule has 0 radical (unpaired) electrons. The van der Waals surface area contributed by atoms with Crippen LogP contribution in [-0.2, 0) is 16.5 Å². The molecule has 4 aromatic carbocycles. The second-order valence-corrected chi connectivity index (χ2v) is 14.2. The number of thiol groups is 1. The smallest absolute Gasteiger partial charge is 0.282 e. The Morgan fingerprint density at radius 3 is 1.68 bits per heavy atom. The molecule has 0 amide bonds. The van der Waals surface area contributed by atoms with Gasteiger partial charge in [-0.1, -0.05) is 95.3 Å². The van der Waals surface area contributed by atoms with Crippen LogP contribution in [0.3, 0.4) is 0 Å². The Morgan fingerprint density at radius 1 is 0.658 bits per heavy atom. The highest BCUT2D eigenvalue weighted by atomic mass is 32.2. The van der Waals surface area contributed by atoms with E-state index in [-0.39, 0.29) is 22.6 Å². The molecule has 0 saturated carbocycles. The minimum atomic E-state index is -4.38. The zero-order valence-electron chi connectivity index (χ0n) is 22.8. The summed E-state index contributed by atoms with van der Waals surface area (Å²) in [5, 5.41) is 0. The van der Waals surface area contributed by atoms with Crippen LogP contribution in [0.4, 0.5) is 0 Å². The lowest BCUT2D eigenvalue weighted by atomic mass is 9.86. The summed E-state index contributed by atoms with van der Waals surface area (Å²) >= 11 is 0. The van der Waals surface area contributed by atoms with E-state index in [2.05, 4.69) is 93.6 Å². The third-order valence-electron chi connectivity index (χ3n) is 6.99. The van der Waals surface area contributed by atoms with Crippen molar-refractivity contribution in [1.82, 2.24) is 0 Å². The Bertz CT molecular complexity index is 1440. The lowest BCUT2D eigenvalue weighted by Crippen LogP contribution is -2.13. The third kappa shape index (κ3) is 6.40. The second kappa shape index (κ2) is 11.9. The molecule has 4 rings (SSSR count). The van der Waals surface area contributed by atoms with E-state index in [9.17, 15) is 13.0 Å². The van der Waals surface area contributed by atoms with Gasteiger partial charge in [0, 0.05) is 0 Å². The maximum atomic E-state index is 12.6. The molecule has 3 nitrogen and oxygen atoms in total.